The Morgan fingerprint density at radius 2 is 1.94 bits per heavy atom. The van der Waals surface area contributed by atoms with Crippen molar-refractivity contribution >= 4 is 26.6 Å². The van der Waals surface area contributed by atoms with Crippen molar-refractivity contribution in [2.24, 2.45) is 0 Å². The standard InChI is InChI=1S/C13H15N3S/c1-4-6-9-12-11(8(3)13(14)17-12)16-10(15-9)7-5-2/h4-5H,1-2,6-7,14H2,3H3. The fraction of sp³-hybridized carbons (Fsp3) is 0.231. The summed E-state index contributed by atoms with van der Waals surface area (Å²) in [6, 6.07) is 0. The third kappa shape index (κ3) is 2.08. The molecule has 0 aliphatic carbocycles. The normalized spacial score (nSPS) is 10.6. The van der Waals surface area contributed by atoms with Gasteiger partial charge < -0.3 is 5.73 Å². The summed E-state index contributed by atoms with van der Waals surface area (Å²) in [5, 5.41) is 0.815. The fourth-order valence-electron chi connectivity index (χ4n) is 1.71. The van der Waals surface area contributed by atoms with Crippen LogP contribution in [0.15, 0.2) is 25.3 Å². The number of nitrogens with two attached hydrogens (primary N) is 1. The van der Waals surface area contributed by atoms with Crippen LogP contribution < -0.4 is 5.73 Å². The number of thiophene rings is 1. The highest BCUT2D eigenvalue weighted by Gasteiger charge is 2.13. The highest BCUT2D eigenvalue weighted by Crippen LogP contribution is 2.33. The van der Waals surface area contributed by atoms with Gasteiger partial charge in [-0.25, -0.2) is 9.97 Å². The topological polar surface area (TPSA) is 51.8 Å². The van der Waals surface area contributed by atoms with Crippen LogP contribution in [0.3, 0.4) is 0 Å². The quantitative estimate of drug-likeness (QED) is 0.842. The summed E-state index contributed by atoms with van der Waals surface area (Å²) in [6.07, 6.45) is 5.08. The second-order valence-electron chi connectivity index (χ2n) is 3.84. The lowest BCUT2D eigenvalue weighted by Gasteiger charge is -2.02. The largest absolute Gasteiger partial charge is 0.390 e. The van der Waals surface area contributed by atoms with Gasteiger partial charge in [-0.05, 0) is 6.92 Å². The first-order valence-electron chi connectivity index (χ1n) is 5.43. The number of rotatable bonds is 4. The molecular weight excluding hydrogens is 230 g/mol. The molecule has 2 N–H and O–H groups in total. The van der Waals surface area contributed by atoms with Gasteiger partial charge in [-0.2, -0.15) is 0 Å². The first-order valence-corrected chi connectivity index (χ1v) is 6.25. The van der Waals surface area contributed by atoms with E-state index in [1.54, 1.807) is 11.3 Å². The van der Waals surface area contributed by atoms with E-state index in [0.717, 1.165) is 38.7 Å². The molecule has 4 heteroatoms. The summed E-state index contributed by atoms with van der Waals surface area (Å²) in [5.74, 6) is 0.797. The Labute approximate surface area is 105 Å². The molecule has 17 heavy (non-hydrogen) atoms. The summed E-state index contributed by atoms with van der Waals surface area (Å²) in [5.41, 5.74) is 8.97. The number of anilines is 1. The summed E-state index contributed by atoms with van der Waals surface area (Å²) < 4.78 is 1.08. The molecule has 0 atom stereocenters. The van der Waals surface area contributed by atoms with Gasteiger partial charge in [-0.15, -0.1) is 24.5 Å². The minimum atomic E-state index is 0.676. The highest BCUT2D eigenvalue weighted by molar-refractivity contribution is 7.23. The molecule has 0 aromatic carbocycles. The second kappa shape index (κ2) is 4.67. The zero-order chi connectivity index (χ0) is 12.4. The van der Waals surface area contributed by atoms with Crippen LogP contribution in [0.25, 0.3) is 10.2 Å². The smallest absolute Gasteiger partial charge is 0.133 e. The van der Waals surface area contributed by atoms with E-state index < -0.39 is 0 Å². The summed E-state index contributed by atoms with van der Waals surface area (Å²) in [7, 11) is 0. The van der Waals surface area contributed by atoms with Crippen LogP contribution in [0.5, 0.6) is 0 Å². The van der Waals surface area contributed by atoms with E-state index in [1.165, 1.54) is 0 Å². The molecule has 88 valence electrons. The molecule has 0 aliphatic rings. The Bertz CT molecular complexity index is 584. The third-order valence-corrected chi connectivity index (χ3v) is 3.74. The highest BCUT2D eigenvalue weighted by atomic mass is 32.1. The maximum absolute atomic E-state index is 5.95. The SMILES string of the molecule is C=CCc1nc(CC=C)c2sc(N)c(C)c2n1. The van der Waals surface area contributed by atoms with Gasteiger partial charge in [0, 0.05) is 18.4 Å². The lowest BCUT2D eigenvalue weighted by molar-refractivity contribution is 0.972. The van der Waals surface area contributed by atoms with Crippen molar-refractivity contribution in [2.75, 3.05) is 5.73 Å². The van der Waals surface area contributed by atoms with E-state index in [1.807, 2.05) is 19.1 Å². The van der Waals surface area contributed by atoms with Gasteiger partial charge in [0.1, 0.15) is 5.82 Å². The number of hydrogen-bond donors (Lipinski definition) is 1. The Balaban J connectivity index is 2.70. The number of aryl methyl sites for hydroxylation is 1. The molecule has 0 unspecified atom stereocenters. The Hall–Kier alpha value is -1.68. The summed E-state index contributed by atoms with van der Waals surface area (Å²) in [6.45, 7) is 9.47. The van der Waals surface area contributed by atoms with E-state index in [0.29, 0.717) is 6.42 Å². The molecule has 0 radical (unpaired) electrons. The molecule has 0 aliphatic heterocycles. The number of allylic oxidation sites excluding steroid dienone is 2. The molecule has 0 saturated heterocycles. The fourth-order valence-corrected chi connectivity index (χ4v) is 2.72. The minimum absolute atomic E-state index is 0.676. The lowest BCUT2D eigenvalue weighted by atomic mass is 10.2. The van der Waals surface area contributed by atoms with E-state index >= 15 is 0 Å². The Morgan fingerprint density at radius 3 is 2.59 bits per heavy atom. The zero-order valence-corrected chi connectivity index (χ0v) is 10.7. The van der Waals surface area contributed by atoms with Gasteiger partial charge in [-0.1, -0.05) is 12.2 Å². The maximum atomic E-state index is 5.95. The van der Waals surface area contributed by atoms with Gasteiger partial charge in [0.2, 0.25) is 0 Å². The predicted molar refractivity (Wildman–Crippen MR) is 74.4 cm³/mol. The van der Waals surface area contributed by atoms with Crippen molar-refractivity contribution in [1.29, 1.82) is 0 Å². The zero-order valence-electron chi connectivity index (χ0n) is 9.86. The van der Waals surface area contributed by atoms with Crippen LogP contribution in [0.4, 0.5) is 5.00 Å². The number of nitrogens with zero attached hydrogens (tertiary/aromatic N) is 2. The van der Waals surface area contributed by atoms with Gasteiger partial charge in [0.05, 0.1) is 20.9 Å². The number of fused-ring (bicyclic) bond motifs is 1. The van der Waals surface area contributed by atoms with Crippen molar-refractivity contribution < 1.29 is 0 Å². The van der Waals surface area contributed by atoms with Crippen molar-refractivity contribution in [3.63, 3.8) is 0 Å². The monoisotopic (exact) mass is 245 g/mol. The number of aromatic nitrogens is 2. The van der Waals surface area contributed by atoms with Gasteiger partial charge in [0.15, 0.2) is 0 Å². The molecule has 2 aromatic heterocycles. The van der Waals surface area contributed by atoms with Crippen molar-refractivity contribution in [3.8, 4) is 0 Å². The summed E-state index contributed by atoms with van der Waals surface area (Å²) in [4.78, 5) is 9.08. The molecule has 3 nitrogen and oxygen atoms in total. The molecular formula is C13H15N3S. The van der Waals surface area contributed by atoms with Crippen LogP contribution in [-0.4, -0.2) is 9.97 Å². The molecule has 0 spiro atoms. The minimum Gasteiger partial charge on any atom is -0.390 e. The van der Waals surface area contributed by atoms with E-state index in [9.17, 15) is 0 Å². The van der Waals surface area contributed by atoms with Crippen LogP contribution in [-0.2, 0) is 12.8 Å². The molecule has 2 rings (SSSR count). The first kappa shape index (κ1) is 11.8. The summed E-state index contributed by atoms with van der Waals surface area (Å²) >= 11 is 1.55. The van der Waals surface area contributed by atoms with E-state index in [2.05, 4.69) is 23.1 Å². The molecule has 0 bridgehead atoms. The number of nitrogen functional groups attached to an aromatic ring is 1. The third-order valence-electron chi connectivity index (χ3n) is 2.58. The van der Waals surface area contributed by atoms with Crippen LogP contribution in [0, 0.1) is 6.92 Å². The number of hydrogen-bond acceptors (Lipinski definition) is 4. The van der Waals surface area contributed by atoms with Crippen LogP contribution in [0.1, 0.15) is 17.1 Å². The van der Waals surface area contributed by atoms with Gasteiger partial charge in [0.25, 0.3) is 0 Å². The second-order valence-corrected chi connectivity index (χ2v) is 4.89. The van der Waals surface area contributed by atoms with Gasteiger partial charge >= 0.3 is 0 Å². The Kier molecular flexibility index (Phi) is 3.24. The predicted octanol–water partition coefficient (Wildman–Crippen LogP) is 3.04. The van der Waals surface area contributed by atoms with Crippen molar-refractivity contribution in [1.82, 2.24) is 9.97 Å². The molecule has 2 aromatic rings. The van der Waals surface area contributed by atoms with E-state index in [4.69, 9.17) is 5.73 Å². The van der Waals surface area contributed by atoms with E-state index in [-0.39, 0.29) is 0 Å². The van der Waals surface area contributed by atoms with Gasteiger partial charge in [-0.3, -0.25) is 0 Å². The molecule has 2 heterocycles. The average molecular weight is 245 g/mol. The Morgan fingerprint density at radius 1 is 1.24 bits per heavy atom. The molecule has 0 fully saturated rings. The van der Waals surface area contributed by atoms with Crippen molar-refractivity contribution in [3.05, 3.63) is 42.4 Å². The molecule has 0 amide bonds. The maximum Gasteiger partial charge on any atom is 0.133 e. The lowest BCUT2D eigenvalue weighted by Crippen LogP contribution is -1.98. The van der Waals surface area contributed by atoms with Crippen LogP contribution >= 0.6 is 11.3 Å². The van der Waals surface area contributed by atoms with Crippen LogP contribution in [0.2, 0.25) is 0 Å². The first-order chi connectivity index (χ1) is 8.17. The van der Waals surface area contributed by atoms with Crippen molar-refractivity contribution in [2.45, 2.75) is 19.8 Å². The average Bonchev–Trinajstić information content (AvgIpc) is 2.58. The molecule has 0 saturated carbocycles.